The summed E-state index contributed by atoms with van der Waals surface area (Å²) in [5.74, 6) is 2.11. The van der Waals surface area contributed by atoms with Crippen molar-refractivity contribution < 1.29 is 9.15 Å². The van der Waals surface area contributed by atoms with Crippen LogP contribution in [-0.4, -0.2) is 73.8 Å². The monoisotopic (exact) mass is 460 g/mol. The molecule has 1 aromatic heterocycles. The normalized spacial score (nSPS) is 25.0. The Hall–Kier alpha value is -0.800. The van der Waals surface area contributed by atoms with Crippen molar-refractivity contribution in [1.29, 1.82) is 0 Å². The Kier molecular flexibility index (Phi) is 7.00. The molecule has 0 radical (unpaired) electrons. The second-order valence-corrected chi connectivity index (χ2v) is 6.99. The molecule has 0 bridgehead atoms. The van der Waals surface area contributed by atoms with E-state index in [1.54, 1.807) is 6.26 Å². The van der Waals surface area contributed by atoms with Crippen LogP contribution >= 0.6 is 24.0 Å². The fourth-order valence-electron chi connectivity index (χ4n) is 3.55. The molecular formula is C18H29IN4O2. The van der Waals surface area contributed by atoms with E-state index in [1.165, 1.54) is 19.3 Å². The summed E-state index contributed by atoms with van der Waals surface area (Å²) in [6.07, 6.45) is 6.37. The SMILES string of the molecule is I.c1coc(CCN=C(NC2CC2)N2CCC(N3CCOCC3)C2)c1. The van der Waals surface area contributed by atoms with Crippen LogP contribution in [0, 0.1) is 0 Å². The molecule has 6 nitrogen and oxygen atoms in total. The molecule has 25 heavy (non-hydrogen) atoms. The van der Waals surface area contributed by atoms with Gasteiger partial charge in [0, 0.05) is 51.2 Å². The lowest BCUT2D eigenvalue weighted by atomic mass is 10.2. The maximum absolute atomic E-state index is 5.48. The molecule has 3 aliphatic rings. The molecule has 2 saturated heterocycles. The van der Waals surface area contributed by atoms with Crippen molar-refractivity contribution in [3.8, 4) is 0 Å². The fraction of sp³-hybridized carbons (Fsp3) is 0.722. The molecule has 3 heterocycles. The van der Waals surface area contributed by atoms with Crippen molar-refractivity contribution in [2.24, 2.45) is 4.99 Å². The van der Waals surface area contributed by atoms with E-state index in [1.807, 2.05) is 12.1 Å². The molecule has 1 atom stereocenters. The zero-order valence-electron chi connectivity index (χ0n) is 14.7. The van der Waals surface area contributed by atoms with Crippen LogP contribution in [0.3, 0.4) is 0 Å². The van der Waals surface area contributed by atoms with Gasteiger partial charge in [0.1, 0.15) is 5.76 Å². The number of likely N-dealkylation sites (tertiary alicyclic amines) is 1. The molecule has 7 heteroatoms. The summed E-state index contributed by atoms with van der Waals surface area (Å²) in [6.45, 7) is 6.85. The van der Waals surface area contributed by atoms with Crippen LogP contribution in [0.2, 0.25) is 0 Å². The van der Waals surface area contributed by atoms with E-state index >= 15 is 0 Å². The summed E-state index contributed by atoms with van der Waals surface area (Å²) in [5, 5.41) is 3.64. The lowest BCUT2D eigenvalue weighted by Crippen LogP contribution is -2.47. The highest BCUT2D eigenvalue weighted by Crippen LogP contribution is 2.21. The van der Waals surface area contributed by atoms with E-state index in [-0.39, 0.29) is 24.0 Å². The second kappa shape index (κ2) is 9.23. The lowest BCUT2D eigenvalue weighted by Gasteiger charge is -2.32. The highest BCUT2D eigenvalue weighted by atomic mass is 127. The van der Waals surface area contributed by atoms with Gasteiger partial charge in [-0.3, -0.25) is 9.89 Å². The van der Waals surface area contributed by atoms with Crippen LogP contribution in [0.15, 0.2) is 27.8 Å². The number of ether oxygens (including phenoxy) is 1. The van der Waals surface area contributed by atoms with Crippen molar-refractivity contribution >= 4 is 29.9 Å². The number of hydrogen-bond donors (Lipinski definition) is 1. The first-order chi connectivity index (χ1) is 11.9. The molecule has 2 aliphatic heterocycles. The predicted molar refractivity (Wildman–Crippen MR) is 109 cm³/mol. The number of guanidine groups is 1. The first-order valence-electron chi connectivity index (χ1n) is 9.28. The van der Waals surface area contributed by atoms with E-state index in [2.05, 4.69) is 15.1 Å². The van der Waals surface area contributed by atoms with Gasteiger partial charge in [0.25, 0.3) is 0 Å². The average Bonchev–Trinajstić information content (AvgIpc) is 3.10. The van der Waals surface area contributed by atoms with Gasteiger partial charge in [-0.15, -0.1) is 24.0 Å². The van der Waals surface area contributed by atoms with E-state index in [0.29, 0.717) is 12.1 Å². The zero-order valence-corrected chi connectivity index (χ0v) is 17.1. The van der Waals surface area contributed by atoms with Gasteiger partial charge < -0.3 is 19.4 Å². The van der Waals surface area contributed by atoms with Gasteiger partial charge in [0.05, 0.1) is 19.5 Å². The van der Waals surface area contributed by atoms with Crippen LogP contribution in [0.1, 0.15) is 25.0 Å². The topological polar surface area (TPSA) is 53.2 Å². The standard InChI is InChI=1S/C18H28N4O2.HI/c1-2-17(24-11-1)5-7-19-18(20-15-3-4-15)22-8-6-16(14-22)21-9-12-23-13-10-21;/h1-2,11,15-16H,3-10,12-14H2,(H,19,20);1H. The molecule has 140 valence electrons. The van der Waals surface area contributed by atoms with Crippen LogP contribution in [0.5, 0.6) is 0 Å². The smallest absolute Gasteiger partial charge is 0.194 e. The fourth-order valence-corrected chi connectivity index (χ4v) is 3.55. The molecule has 1 unspecified atom stereocenters. The largest absolute Gasteiger partial charge is 0.469 e. The Bertz CT molecular complexity index is 541. The number of aliphatic imine (C=N–C) groups is 1. The molecule has 3 fully saturated rings. The first kappa shape index (κ1) is 19.0. The highest BCUT2D eigenvalue weighted by molar-refractivity contribution is 14.0. The highest BCUT2D eigenvalue weighted by Gasteiger charge is 2.32. The van der Waals surface area contributed by atoms with E-state index in [0.717, 1.165) is 64.1 Å². The van der Waals surface area contributed by atoms with Crippen LogP contribution in [0.4, 0.5) is 0 Å². The van der Waals surface area contributed by atoms with Gasteiger partial charge in [-0.05, 0) is 31.4 Å². The van der Waals surface area contributed by atoms with Crippen LogP contribution in [0.25, 0.3) is 0 Å². The van der Waals surface area contributed by atoms with Gasteiger partial charge >= 0.3 is 0 Å². The Morgan fingerprint density at radius 1 is 1.20 bits per heavy atom. The Morgan fingerprint density at radius 2 is 2.04 bits per heavy atom. The van der Waals surface area contributed by atoms with Gasteiger partial charge in [0.15, 0.2) is 5.96 Å². The lowest BCUT2D eigenvalue weighted by molar-refractivity contribution is 0.0195. The second-order valence-electron chi connectivity index (χ2n) is 6.99. The molecule has 1 aromatic rings. The Balaban J connectivity index is 0.00000182. The van der Waals surface area contributed by atoms with Crippen molar-refractivity contribution in [2.45, 2.75) is 37.8 Å². The average molecular weight is 460 g/mol. The molecule has 0 spiro atoms. The van der Waals surface area contributed by atoms with E-state index in [4.69, 9.17) is 14.1 Å². The summed E-state index contributed by atoms with van der Waals surface area (Å²) in [6, 6.07) is 5.24. The number of furan rings is 1. The first-order valence-corrected chi connectivity index (χ1v) is 9.28. The summed E-state index contributed by atoms with van der Waals surface area (Å²) < 4.78 is 10.9. The Labute approximate surface area is 167 Å². The predicted octanol–water partition coefficient (Wildman–Crippen LogP) is 1.95. The molecule has 4 rings (SSSR count). The summed E-state index contributed by atoms with van der Waals surface area (Å²) in [5.41, 5.74) is 0. The minimum absolute atomic E-state index is 0. The number of morpholine rings is 1. The number of nitrogens with zero attached hydrogens (tertiary/aromatic N) is 3. The molecule has 1 saturated carbocycles. The molecule has 0 aromatic carbocycles. The van der Waals surface area contributed by atoms with Gasteiger partial charge in [0.2, 0.25) is 0 Å². The third kappa shape index (κ3) is 5.34. The van der Waals surface area contributed by atoms with Crippen molar-refractivity contribution in [1.82, 2.24) is 15.1 Å². The summed E-state index contributed by atoms with van der Waals surface area (Å²) in [7, 11) is 0. The minimum atomic E-state index is 0. The van der Waals surface area contributed by atoms with Gasteiger partial charge in [-0.2, -0.15) is 0 Å². The summed E-state index contributed by atoms with van der Waals surface area (Å²) in [4.78, 5) is 9.90. The number of nitrogens with one attached hydrogen (secondary N) is 1. The third-order valence-electron chi connectivity index (χ3n) is 5.14. The maximum atomic E-state index is 5.48. The quantitative estimate of drug-likeness (QED) is 0.414. The minimum Gasteiger partial charge on any atom is -0.469 e. The zero-order chi connectivity index (χ0) is 16.2. The number of rotatable bonds is 5. The van der Waals surface area contributed by atoms with Gasteiger partial charge in [-0.25, -0.2) is 0 Å². The molecule has 0 amide bonds. The molecular weight excluding hydrogens is 431 g/mol. The number of hydrogen-bond acceptors (Lipinski definition) is 4. The molecule has 1 aliphatic carbocycles. The van der Waals surface area contributed by atoms with Crippen LogP contribution in [-0.2, 0) is 11.2 Å². The number of halogens is 1. The Morgan fingerprint density at radius 3 is 2.76 bits per heavy atom. The maximum Gasteiger partial charge on any atom is 0.194 e. The van der Waals surface area contributed by atoms with Crippen molar-refractivity contribution in [3.63, 3.8) is 0 Å². The summed E-state index contributed by atoms with van der Waals surface area (Å²) >= 11 is 0. The third-order valence-corrected chi connectivity index (χ3v) is 5.14. The van der Waals surface area contributed by atoms with Crippen molar-refractivity contribution in [3.05, 3.63) is 24.2 Å². The van der Waals surface area contributed by atoms with E-state index < -0.39 is 0 Å². The molecule has 1 N–H and O–H groups in total. The van der Waals surface area contributed by atoms with Crippen molar-refractivity contribution in [2.75, 3.05) is 45.9 Å². The van der Waals surface area contributed by atoms with Gasteiger partial charge in [-0.1, -0.05) is 0 Å². The van der Waals surface area contributed by atoms with E-state index in [9.17, 15) is 0 Å². The van der Waals surface area contributed by atoms with Crippen LogP contribution < -0.4 is 5.32 Å².